The molecule has 0 aromatic heterocycles. The van der Waals surface area contributed by atoms with E-state index in [0.29, 0.717) is 0 Å². The van der Waals surface area contributed by atoms with Crippen molar-refractivity contribution in [2.24, 2.45) is 0 Å². The van der Waals surface area contributed by atoms with Crippen molar-refractivity contribution in [3.63, 3.8) is 0 Å². The molecule has 0 aliphatic heterocycles. The van der Waals surface area contributed by atoms with Gasteiger partial charge in [-0.1, -0.05) is 24.0 Å². The van der Waals surface area contributed by atoms with Gasteiger partial charge in [0.1, 0.15) is 5.75 Å². The van der Waals surface area contributed by atoms with Crippen molar-refractivity contribution >= 4 is 11.8 Å². The normalized spacial score (nSPS) is 9.44. The molecule has 0 aliphatic rings. The third-order valence-corrected chi connectivity index (χ3v) is 3.33. The van der Waals surface area contributed by atoms with Crippen molar-refractivity contribution in [3.8, 4) is 17.6 Å². The van der Waals surface area contributed by atoms with Gasteiger partial charge in [-0.15, -0.1) is 11.8 Å². The minimum absolute atomic E-state index is 0.852. The first kappa shape index (κ1) is 12.6. The summed E-state index contributed by atoms with van der Waals surface area (Å²) < 4.78 is 5.12. The van der Waals surface area contributed by atoms with Gasteiger partial charge in [0.05, 0.1) is 7.11 Å². The molecule has 18 heavy (non-hydrogen) atoms. The summed E-state index contributed by atoms with van der Waals surface area (Å²) in [6.07, 6.45) is 2.06. The Morgan fingerprint density at radius 2 is 1.67 bits per heavy atom. The van der Waals surface area contributed by atoms with E-state index in [0.717, 1.165) is 16.9 Å². The molecule has 2 heteroatoms. The second-order valence-electron chi connectivity index (χ2n) is 3.68. The molecule has 0 unspecified atom stereocenters. The van der Waals surface area contributed by atoms with E-state index in [9.17, 15) is 0 Å². The van der Waals surface area contributed by atoms with Crippen molar-refractivity contribution in [1.29, 1.82) is 0 Å². The highest BCUT2D eigenvalue weighted by molar-refractivity contribution is 7.98. The molecule has 0 aliphatic carbocycles. The summed E-state index contributed by atoms with van der Waals surface area (Å²) in [6, 6.07) is 15.9. The van der Waals surface area contributed by atoms with E-state index in [4.69, 9.17) is 4.74 Å². The second kappa shape index (κ2) is 6.18. The average Bonchev–Trinajstić information content (AvgIpc) is 2.46. The Morgan fingerprint density at radius 1 is 0.944 bits per heavy atom. The van der Waals surface area contributed by atoms with Gasteiger partial charge in [0.25, 0.3) is 0 Å². The standard InChI is InChI=1S/C16H14OS/c1-17-15-11-8-13(9-12-15)7-10-14-5-3-4-6-16(14)18-2/h3-6,8-9,11-12H,1-2H3. The first-order chi connectivity index (χ1) is 8.83. The molecular formula is C16H14OS. The topological polar surface area (TPSA) is 9.23 Å². The molecule has 2 aromatic rings. The lowest BCUT2D eigenvalue weighted by Gasteiger charge is -1.99. The van der Waals surface area contributed by atoms with Gasteiger partial charge in [-0.2, -0.15) is 0 Å². The predicted octanol–water partition coefficient (Wildman–Crippen LogP) is 3.82. The van der Waals surface area contributed by atoms with Crippen LogP contribution in [0.2, 0.25) is 0 Å². The van der Waals surface area contributed by atoms with Crippen LogP contribution in [-0.2, 0) is 0 Å². The van der Waals surface area contributed by atoms with Crippen molar-refractivity contribution in [1.82, 2.24) is 0 Å². The van der Waals surface area contributed by atoms with Crippen LogP contribution in [0.25, 0.3) is 0 Å². The van der Waals surface area contributed by atoms with Gasteiger partial charge >= 0.3 is 0 Å². The highest BCUT2D eigenvalue weighted by Gasteiger charge is 1.95. The Morgan fingerprint density at radius 3 is 2.33 bits per heavy atom. The number of methoxy groups -OCH3 is 1. The van der Waals surface area contributed by atoms with Crippen LogP contribution in [0.15, 0.2) is 53.4 Å². The number of hydrogen-bond acceptors (Lipinski definition) is 2. The number of thioether (sulfide) groups is 1. The molecule has 90 valence electrons. The van der Waals surface area contributed by atoms with Crippen LogP contribution >= 0.6 is 11.8 Å². The summed E-state index contributed by atoms with van der Waals surface area (Å²) in [6.45, 7) is 0. The number of rotatable bonds is 2. The molecule has 0 saturated carbocycles. The summed E-state index contributed by atoms with van der Waals surface area (Å²) >= 11 is 1.71. The predicted molar refractivity (Wildman–Crippen MR) is 77.2 cm³/mol. The molecule has 2 aromatic carbocycles. The molecule has 1 nitrogen and oxygen atoms in total. The van der Waals surface area contributed by atoms with Crippen molar-refractivity contribution < 1.29 is 4.74 Å². The molecule has 0 radical (unpaired) electrons. The van der Waals surface area contributed by atoms with E-state index < -0.39 is 0 Å². The molecule has 0 heterocycles. The Kier molecular flexibility index (Phi) is 4.33. The Labute approximate surface area is 112 Å². The number of benzene rings is 2. The number of ether oxygens (including phenoxy) is 1. The minimum Gasteiger partial charge on any atom is -0.497 e. The largest absolute Gasteiger partial charge is 0.497 e. The fourth-order valence-corrected chi connectivity index (χ4v) is 2.12. The lowest BCUT2D eigenvalue weighted by Crippen LogP contribution is -1.82. The van der Waals surface area contributed by atoms with Crippen molar-refractivity contribution in [2.75, 3.05) is 13.4 Å². The van der Waals surface area contributed by atoms with Gasteiger partial charge in [-0.25, -0.2) is 0 Å². The van der Waals surface area contributed by atoms with Gasteiger partial charge in [0.15, 0.2) is 0 Å². The van der Waals surface area contributed by atoms with E-state index >= 15 is 0 Å². The van der Waals surface area contributed by atoms with Gasteiger partial charge in [-0.05, 0) is 42.7 Å². The molecule has 0 saturated heterocycles. The zero-order valence-corrected chi connectivity index (χ0v) is 11.3. The van der Waals surface area contributed by atoms with Crippen LogP contribution in [0.5, 0.6) is 5.75 Å². The quantitative estimate of drug-likeness (QED) is 0.595. The third kappa shape index (κ3) is 3.09. The molecule has 0 N–H and O–H groups in total. The SMILES string of the molecule is COc1ccc(C#Cc2ccccc2SC)cc1. The maximum Gasteiger partial charge on any atom is 0.118 e. The van der Waals surface area contributed by atoms with E-state index in [1.807, 2.05) is 42.5 Å². The zero-order chi connectivity index (χ0) is 12.8. The first-order valence-corrected chi connectivity index (χ1v) is 6.85. The highest BCUT2D eigenvalue weighted by Crippen LogP contribution is 2.19. The molecule has 0 bridgehead atoms. The van der Waals surface area contributed by atoms with Crippen molar-refractivity contribution in [3.05, 3.63) is 59.7 Å². The Balaban J connectivity index is 2.25. The summed E-state index contributed by atoms with van der Waals surface area (Å²) in [5.41, 5.74) is 2.06. The van der Waals surface area contributed by atoms with E-state index in [1.54, 1.807) is 18.9 Å². The van der Waals surface area contributed by atoms with Gasteiger partial charge in [0.2, 0.25) is 0 Å². The van der Waals surface area contributed by atoms with Gasteiger partial charge in [-0.3, -0.25) is 0 Å². The van der Waals surface area contributed by atoms with Crippen LogP contribution in [0.3, 0.4) is 0 Å². The maximum atomic E-state index is 5.12. The summed E-state index contributed by atoms with van der Waals surface area (Å²) in [5.74, 6) is 7.23. The maximum absolute atomic E-state index is 5.12. The summed E-state index contributed by atoms with van der Waals surface area (Å²) in [7, 11) is 1.66. The minimum atomic E-state index is 0.852. The van der Waals surface area contributed by atoms with Gasteiger partial charge in [0, 0.05) is 16.0 Å². The summed E-state index contributed by atoms with van der Waals surface area (Å²) in [5, 5.41) is 0. The monoisotopic (exact) mass is 254 g/mol. The molecule has 0 amide bonds. The molecule has 2 rings (SSSR count). The first-order valence-electron chi connectivity index (χ1n) is 5.62. The lowest BCUT2D eigenvalue weighted by molar-refractivity contribution is 0.415. The smallest absolute Gasteiger partial charge is 0.118 e. The molecule has 0 spiro atoms. The molecule has 0 fully saturated rings. The molecular weight excluding hydrogens is 240 g/mol. The molecule has 0 atom stereocenters. The third-order valence-electron chi connectivity index (χ3n) is 2.54. The van der Waals surface area contributed by atoms with Gasteiger partial charge < -0.3 is 4.74 Å². The van der Waals surface area contributed by atoms with Crippen molar-refractivity contribution in [2.45, 2.75) is 4.90 Å². The van der Waals surface area contributed by atoms with Crippen LogP contribution in [0, 0.1) is 11.8 Å². The van der Waals surface area contributed by atoms with E-state index in [1.165, 1.54) is 4.90 Å². The Hall–Kier alpha value is -1.85. The van der Waals surface area contributed by atoms with Crippen LogP contribution in [0.1, 0.15) is 11.1 Å². The lowest BCUT2D eigenvalue weighted by atomic mass is 10.2. The fraction of sp³-hybridized carbons (Fsp3) is 0.125. The average molecular weight is 254 g/mol. The fourth-order valence-electron chi connectivity index (χ4n) is 1.56. The van der Waals surface area contributed by atoms with Crippen LogP contribution in [0.4, 0.5) is 0 Å². The Bertz CT molecular complexity index is 576. The summed E-state index contributed by atoms with van der Waals surface area (Å²) in [4.78, 5) is 1.21. The zero-order valence-electron chi connectivity index (χ0n) is 10.4. The highest BCUT2D eigenvalue weighted by atomic mass is 32.2. The van der Waals surface area contributed by atoms with Crippen LogP contribution < -0.4 is 4.74 Å². The van der Waals surface area contributed by atoms with E-state index in [2.05, 4.69) is 24.2 Å². The second-order valence-corrected chi connectivity index (χ2v) is 4.53. The van der Waals surface area contributed by atoms with Crippen LogP contribution in [-0.4, -0.2) is 13.4 Å². The van der Waals surface area contributed by atoms with E-state index in [-0.39, 0.29) is 0 Å². The number of hydrogen-bond donors (Lipinski definition) is 0.